The van der Waals surface area contributed by atoms with Gasteiger partial charge in [0.05, 0.1) is 11.3 Å². The monoisotopic (exact) mass is 252 g/mol. The first-order valence-corrected chi connectivity index (χ1v) is 6.13. The summed E-state index contributed by atoms with van der Waals surface area (Å²) in [6.45, 7) is 6.10. The Kier molecular flexibility index (Phi) is 4.70. The molecule has 1 rings (SSSR count). The van der Waals surface area contributed by atoms with E-state index in [-0.39, 0.29) is 17.6 Å². The van der Waals surface area contributed by atoms with E-state index in [1.165, 1.54) is 6.07 Å². The van der Waals surface area contributed by atoms with Crippen molar-refractivity contribution in [1.29, 1.82) is 0 Å². The molecule has 0 heterocycles. The highest BCUT2D eigenvalue weighted by Gasteiger charge is 2.22. The molecule has 0 bridgehead atoms. The zero-order valence-electron chi connectivity index (χ0n) is 11.6. The van der Waals surface area contributed by atoms with Gasteiger partial charge in [0.25, 0.3) is 5.91 Å². The van der Waals surface area contributed by atoms with Gasteiger partial charge in [0.15, 0.2) is 0 Å². The molecule has 100 valence electrons. The second-order valence-corrected chi connectivity index (χ2v) is 4.81. The van der Waals surface area contributed by atoms with E-state index in [1.54, 1.807) is 31.1 Å². The van der Waals surface area contributed by atoms with Crippen molar-refractivity contribution in [3.8, 4) is 0 Å². The van der Waals surface area contributed by atoms with Gasteiger partial charge in [0, 0.05) is 20.1 Å². The number of anilines is 1. The molecule has 0 aliphatic carbocycles. The number of para-hydroxylation sites is 1. The van der Waals surface area contributed by atoms with Gasteiger partial charge in [0.2, 0.25) is 0 Å². The summed E-state index contributed by atoms with van der Waals surface area (Å²) in [6.07, 6.45) is 0. The summed E-state index contributed by atoms with van der Waals surface area (Å²) in [7, 11) is 3.36. The summed E-state index contributed by atoms with van der Waals surface area (Å²) in [5.74, 6) is -0.223. The number of amides is 1. The molecule has 0 aliphatic heterocycles. The Balaban J connectivity index is 3.08. The lowest BCUT2D eigenvalue weighted by atomic mass is 10.0. The molecule has 1 unspecified atom stereocenters. The number of halogens is 1. The first-order valence-electron chi connectivity index (χ1n) is 6.13. The molecule has 1 N–H and O–H groups in total. The van der Waals surface area contributed by atoms with Crippen LogP contribution in [0.2, 0.25) is 0 Å². The third-order valence-corrected chi connectivity index (χ3v) is 3.39. The average Bonchev–Trinajstić information content (AvgIpc) is 2.35. The number of nitrogens with zero attached hydrogens (tertiary/aromatic N) is 1. The van der Waals surface area contributed by atoms with Crippen molar-refractivity contribution >= 4 is 11.6 Å². The van der Waals surface area contributed by atoms with E-state index < -0.39 is 5.82 Å². The molecule has 3 nitrogen and oxygen atoms in total. The minimum Gasteiger partial charge on any atom is -0.385 e. The fourth-order valence-electron chi connectivity index (χ4n) is 1.78. The largest absolute Gasteiger partial charge is 0.385 e. The van der Waals surface area contributed by atoms with Gasteiger partial charge >= 0.3 is 0 Å². The number of benzene rings is 1. The highest BCUT2D eigenvalue weighted by atomic mass is 19.1. The molecule has 0 aromatic heterocycles. The van der Waals surface area contributed by atoms with Crippen molar-refractivity contribution in [1.82, 2.24) is 4.90 Å². The molecular formula is C14H21FN2O. The Morgan fingerprint density at radius 1 is 1.33 bits per heavy atom. The van der Waals surface area contributed by atoms with Crippen LogP contribution in [0.15, 0.2) is 18.2 Å². The molecule has 0 radical (unpaired) electrons. The van der Waals surface area contributed by atoms with Crippen molar-refractivity contribution in [2.24, 2.45) is 5.92 Å². The maximum absolute atomic E-state index is 13.6. The molecule has 18 heavy (non-hydrogen) atoms. The van der Waals surface area contributed by atoms with Crippen LogP contribution < -0.4 is 5.32 Å². The van der Waals surface area contributed by atoms with E-state index in [0.29, 0.717) is 11.5 Å². The lowest BCUT2D eigenvalue weighted by Crippen LogP contribution is -2.38. The molecule has 1 atom stereocenters. The van der Waals surface area contributed by atoms with Crippen LogP contribution in [0.1, 0.15) is 31.1 Å². The lowest BCUT2D eigenvalue weighted by Gasteiger charge is -2.28. The Morgan fingerprint density at radius 2 is 1.94 bits per heavy atom. The van der Waals surface area contributed by atoms with Gasteiger partial charge in [-0.25, -0.2) is 4.39 Å². The van der Waals surface area contributed by atoms with Crippen LogP contribution in [0, 0.1) is 11.7 Å². The number of nitrogens with one attached hydrogen (secondary N) is 1. The minimum atomic E-state index is -0.408. The van der Waals surface area contributed by atoms with E-state index in [2.05, 4.69) is 19.2 Å². The Morgan fingerprint density at radius 3 is 2.44 bits per heavy atom. The fourth-order valence-corrected chi connectivity index (χ4v) is 1.78. The van der Waals surface area contributed by atoms with E-state index in [0.717, 1.165) is 0 Å². The predicted molar refractivity (Wildman–Crippen MR) is 72.3 cm³/mol. The van der Waals surface area contributed by atoms with Crippen LogP contribution in [-0.4, -0.2) is 30.9 Å². The number of carbonyl (C=O) groups excluding carboxylic acids is 1. The van der Waals surface area contributed by atoms with Gasteiger partial charge in [-0.1, -0.05) is 19.9 Å². The SMILES string of the molecule is CNc1c(F)cccc1C(=O)N(C)C(C)C(C)C. The van der Waals surface area contributed by atoms with Crippen LogP contribution in [0.5, 0.6) is 0 Å². The van der Waals surface area contributed by atoms with Crippen molar-refractivity contribution < 1.29 is 9.18 Å². The summed E-state index contributed by atoms with van der Waals surface area (Å²) in [6, 6.07) is 4.64. The van der Waals surface area contributed by atoms with Crippen LogP contribution in [0.4, 0.5) is 10.1 Å². The molecule has 1 aromatic carbocycles. The second kappa shape index (κ2) is 5.85. The summed E-state index contributed by atoms with van der Waals surface area (Å²) < 4.78 is 13.6. The van der Waals surface area contributed by atoms with Crippen LogP contribution >= 0.6 is 0 Å². The van der Waals surface area contributed by atoms with E-state index in [9.17, 15) is 9.18 Å². The topological polar surface area (TPSA) is 32.3 Å². The quantitative estimate of drug-likeness (QED) is 0.893. The number of rotatable bonds is 4. The second-order valence-electron chi connectivity index (χ2n) is 4.81. The van der Waals surface area contributed by atoms with E-state index in [4.69, 9.17) is 0 Å². The molecule has 0 fully saturated rings. The average molecular weight is 252 g/mol. The summed E-state index contributed by atoms with van der Waals surface area (Å²) in [5, 5.41) is 2.75. The van der Waals surface area contributed by atoms with Gasteiger partial charge in [-0.2, -0.15) is 0 Å². The van der Waals surface area contributed by atoms with Crippen molar-refractivity contribution in [3.63, 3.8) is 0 Å². The molecular weight excluding hydrogens is 231 g/mol. The zero-order chi connectivity index (χ0) is 13.9. The number of hydrogen-bond acceptors (Lipinski definition) is 2. The van der Waals surface area contributed by atoms with Crippen molar-refractivity contribution in [3.05, 3.63) is 29.6 Å². The highest BCUT2D eigenvalue weighted by Crippen LogP contribution is 2.22. The van der Waals surface area contributed by atoms with Crippen LogP contribution in [0.3, 0.4) is 0 Å². The maximum atomic E-state index is 13.6. The fraction of sp³-hybridized carbons (Fsp3) is 0.500. The summed E-state index contributed by atoms with van der Waals surface area (Å²) in [5.41, 5.74) is 0.623. The maximum Gasteiger partial charge on any atom is 0.256 e. The molecule has 0 aliphatic rings. The summed E-state index contributed by atoms with van der Waals surface area (Å²) >= 11 is 0. The molecule has 1 aromatic rings. The van der Waals surface area contributed by atoms with Gasteiger partial charge < -0.3 is 10.2 Å². The normalized spacial score (nSPS) is 12.4. The van der Waals surface area contributed by atoms with Gasteiger partial charge in [-0.15, -0.1) is 0 Å². The smallest absolute Gasteiger partial charge is 0.256 e. The van der Waals surface area contributed by atoms with Crippen LogP contribution in [-0.2, 0) is 0 Å². The Hall–Kier alpha value is -1.58. The molecule has 0 spiro atoms. The molecule has 0 saturated carbocycles. The lowest BCUT2D eigenvalue weighted by molar-refractivity contribution is 0.0707. The van der Waals surface area contributed by atoms with Crippen LogP contribution in [0.25, 0.3) is 0 Å². The number of carbonyl (C=O) groups is 1. The van der Waals surface area contributed by atoms with Gasteiger partial charge in [-0.3, -0.25) is 4.79 Å². The first kappa shape index (κ1) is 14.5. The molecule has 1 amide bonds. The summed E-state index contributed by atoms with van der Waals surface area (Å²) in [4.78, 5) is 14.0. The predicted octanol–water partition coefficient (Wildman–Crippen LogP) is 2.98. The van der Waals surface area contributed by atoms with Gasteiger partial charge in [-0.05, 0) is 25.0 Å². The Bertz CT molecular complexity index is 432. The zero-order valence-corrected chi connectivity index (χ0v) is 11.6. The highest BCUT2D eigenvalue weighted by molar-refractivity contribution is 5.99. The third-order valence-electron chi connectivity index (χ3n) is 3.39. The molecule has 4 heteroatoms. The van der Waals surface area contributed by atoms with Crippen molar-refractivity contribution in [2.45, 2.75) is 26.8 Å². The van der Waals surface area contributed by atoms with E-state index in [1.807, 2.05) is 6.92 Å². The third kappa shape index (κ3) is 2.81. The van der Waals surface area contributed by atoms with Crippen molar-refractivity contribution in [2.75, 3.05) is 19.4 Å². The van der Waals surface area contributed by atoms with Gasteiger partial charge in [0.1, 0.15) is 5.82 Å². The standard InChI is InChI=1S/C14H21FN2O/c1-9(2)10(3)17(5)14(18)11-7-6-8-12(15)13(11)16-4/h6-10,16H,1-5H3. The number of hydrogen-bond donors (Lipinski definition) is 1. The first-order chi connectivity index (χ1) is 8.40. The minimum absolute atomic E-state index is 0.102. The van der Waals surface area contributed by atoms with E-state index >= 15 is 0 Å². The molecule has 0 saturated heterocycles. The Labute approximate surface area is 108 Å².